The molecule has 4 aliphatic rings. The van der Waals surface area contributed by atoms with Crippen molar-refractivity contribution in [2.75, 3.05) is 44.8 Å². The van der Waals surface area contributed by atoms with Crippen LogP contribution in [-0.4, -0.2) is 78.6 Å². The molecule has 7 nitrogen and oxygen atoms in total. The van der Waals surface area contributed by atoms with Crippen molar-refractivity contribution in [2.24, 2.45) is 0 Å². The van der Waals surface area contributed by atoms with Crippen molar-refractivity contribution < 1.29 is 27.0 Å². The molecule has 8 rings (SSSR count). The van der Waals surface area contributed by atoms with Crippen LogP contribution in [0.1, 0.15) is 31.2 Å². The lowest BCUT2D eigenvalue weighted by molar-refractivity contribution is 0.107. The molecule has 0 saturated carbocycles. The molecule has 4 aliphatic heterocycles. The SMILES string of the molecule is C#Cc1c(F)ccc2cccc(-c3c(F)c(OC)c4c(N5CC6CCC(C5)N6)nc(OC[C@]56CC(=C)CN5C[C@@H](F)C6)nc4c3F)c12. The first kappa shape index (κ1) is 30.0. The van der Waals surface area contributed by atoms with Crippen LogP contribution in [-0.2, 0) is 0 Å². The molecule has 4 aromatic rings. The summed E-state index contributed by atoms with van der Waals surface area (Å²) < 4.78 is 75.2. The quantitative estimate of drug-likeness (QED) is 0.159. The first-order chi connectivity index (χ1) is 22.7. The number of anilines is 1. The highest BCUT2D eigenvalue weighted by Crippen LogP contribution is 2.46. The van der Waals surface area contributed by atoms with Crippen LogP contribution in [0.3, 0.4) is 0 Å². The molecule has 2 bridgehead atoms. The van der Waals surface area contributed by atoms with Gasteiger partial charge in [-0.2, -0.15) is 9.97 Å². The molecule has 2 unspecified atom stereocenters. The molecule has 0 radical (unpaired) electrons. The highest BCUT2D eigenvalue weighted by Gasteiger charge is 2.51. The van der Waals surface area contributed by atoms with Crippen LogP contribution in [0, 0.1) is 29.8 Å². The van der Waals surface area contributed by atoms with Crippen LogP contribution < -0.4 is 19.7 Å². The molecule has 1 N–H and O–H groups in total. The van der Waals surface area contributed by atoms with Crippen molar-refractivity contribution >= 4 is 27.5 Å². The summed E-state index contributed by atoms with van der Waals surface area (Å²) in [6.45, 7) is 6.18. The Kier molecular flexibility index (Phi) is 7.08. The summed E-state index contributed by atoms with van der Waals surface area (Å²) in [5.74, 6) is -0.246. The second-order valence-corrected chi connectivity index (χ2v) is 13.2. The minimum atomic E-state index is -0.998. The van der Waals surface area contributed by atoms with Gasteiger partial charge in [0.15, 0.2) is 17.4 Å². The van der Waals surface area contributed by atoms with Gasteiger partial charge in [0.05, 0.1) is 29.2 Å². The summed E-state index contributed by atoms with van der Waals surface area (Å²) in [6, 6.07) is 7.83. The minimum Gasteiger partial charge on any atom is -0.493 e. The maximum absolute atomic E-state index is 17.1. The topological polar surface area (TPSA) is 62.8 Å². The predicted octanol–water partition coefficient (Wildman–Crippen LogP) is 5.92. The first-order valence-corrected chi connectivity index (χ1v) is 15.8. The fraction of sp³-hybridized carbons (Fsp3) is 0.389. The number of piperazine rings is 1. The first-order valence-electron chi connectivity index (χ1n) is 15.8. The predicted molar refractivity (Wildman–Crippen MR) is 172 cm³/mol. The van der Waals surface area contributed by atoms with Gasteiger partial charge in [0.2, 0.25) is 0 Å². The van der Waals surface area contributed by atoms with Gasteiger partial charge in [0.25, 0.3) is 0 Å². The summed E-state index contributed by atoms with van der Waals surface area (Å²) in [4.78, 5) is 13.3. The summed E-state index contributed by atoms with van der Waals surface area (Å²) >= 11 is 0. The molecule has 4 atom stereocenters. The second kappa shape index (κ2) is 11.1. The normalized spacial score (nSPS) is 25.5. The van der Waals surface area contributed by atoms with Gasteiger partial charge in [-0.15, -0.1) is 6.42 Å². The maximum Gasteiger partial charge on any atom is 0.319 e. The number of hydrogen-bond donors (Lipinski definition) is 1. The molecule has 4 fully saturated rings. The van der Waals surface area contributed by atoms with E-state index < -0.39 is 34.7 Å². The van der Waals surface area contributed by atoms with Crippen LogP contribution in [0.25, 0.3) is 32.8 Å². The smallest absolute Gasteiger partial charge is 0.319 e. The highest BCUT2D eigenvalue weighted by molar-refractivity contribution is 6.05. The molecule has 3 aromatic carbocycles. The fourth-order valence-electron chi connectivity index (χ4n) is 8.28. The molecule has 0 aliphatic carbocycles. The monoisotopic (exact) mass is 643 g/mol. The molecule has 47 heavy (non-hydrogen) atoms. The lowest BCUT2D eigenvalue weighted by atomic mass is 9.92. The van der Waals surface area contributed by atoms with Crippen LogP contribution >= 0.6 is 0 Å². The Morgan fingerprint density at radius 3 is 2.60 bits per heavy atom. The van der Waals surface area contributed by atoms with Crippen molar-refractivity contribution in [3.8, 4) is 35.2 Å². The Hall–Kier alpha value is -4.40. The lowest BCUT2D eigenvalue weighted by Gasteiger charge is -2.35. The zero-order valence-electron chi connectivity index (χ0n) is 25.9. The number of alkyl halides is 1. The Morgan fingerprint density at radius 2 is 1.85 bits per heavy atom. The van der Waals surface area contributed by atoms with E-state index in [0.717, 1.165) is 18.4 Å². The Balaban J connectivity index is 1.34. The van der Waals surface area contributed by atoms with Crippen LogP contribution in [0.4, 0.5) is 23.4 Å². The van der Waals surface area contributed by atoms with Gasteiger partial charge < -0.3 is 19.7 Å². The van der Waals surface area contributed by atoms with E-state index in [-0.39, 0.29) is 76.7 Å². The van der Waals surface area contributed by atoms with E-state index >= 15 is 8.78 Å². The lowest BCUT2D eigenvalue weighted by Crippen LogP contribution is -2.51. The average Bonchev–Trinajstić information content (AvgIpc) is 3.66. The third-order valence-corrected chi connectivity index (χ3v) is 10.2. The zero-order valence-corrected chi connectivity index (χ0v) is 25.9. The van der Waals surface area contributed by atoms with E-state index in [1.165, 1.54) is 25.3 Å². The van der Waals surface area contributed by atoms with Crippen LogP contribution in [0.2, 0.25) is 0 Å². The number of ether oxygens (including phenoxy) is 2. The Labute approximate surface area is 269 Å². The largest absolute Gasteiger partial charge is 0.493 e. The molecule has 5 heterocycles. The van der Waals surface area contributed by atoms with E-state index in [1.54, 1.807) is 12.1 Å². The summed E-state index contributed by atoms with van der Waals surface area (Å²) in [6.07, 6.45) is 7.49. The van der Waals surface area contributed by atoms with E-state index in [9.17, 15) is 8.78 Å². The number of nitrogens with zero attached hydrogens (tertiary/aromatic N) is 4. The second-order valence-electron chi connectivity index (χ2n) is 13.2. The summed E-state index contributed by atoms with van der Waals surface area (Å²) in [5.41, 5.74) is -0.320. The molecule has 4 saturated heterocycles. The number of halogens is 4. The van der Waals surface area contributed by atoms with Gasteiger partial charge >= 0.3 is 6.01 Å². The van der Waals surface area contributed by atoms with E-state index in [4.69, 9.17) is 20.9 Å². The third-order valence-electron chi connectivity index (χ3n) is 10.2. The van der Waals surface area contributed by atoms with Crippen molar-refractivity contribution in [1.29, 1.82) is 0 Å². The number of hydrogen-bond acceptors (Lipinski definition) is 7. The Morgan fingerprint density at radius 1 is 1.06 bits per heavy atom. The number of fused-ring (bicyclic) bond motifs is 5. The van der Waals surface area contributed by atoms with Crippen molar-refractivity contribution in [2.45, 2.75) is 49.5 Å². The van der Waals surface area contributed by atoms with Crippen molar-refractivity contribution in [3.05, 3.63) is 65.5 Å². The minimum absolute atomic E-state index is 0.0620. The van der Waals surface area contributed by atoms with Gasteiger partial charge in [-0.05, 0) is 36.3 Å². The summed E-state index contributed by atoms with van der Waals surface area (Å²) in [7, 11) is 1.30. The molecular weight excluding hydrogens is 610 g/mol. The number of benzene rings is 3. The number of aromatic nitrogens is 2. The molecule has 1 aromatic heterocycles. The van der Waals surface area contributed by atoms with Crippen molar-refractivity contribution in [3.63, 3.8) is 0 Å². The van der Waals surface area contributed by atoms with E-state index in [0.29, 0.717) is 31.4 Å². The van der Waals surface area contributed by atoms with Gasteiger partial charge in [-0.25, -0.2) is 17.6 Å². The average molecular weight is 644 g/mol. The number of rotatable bonds is 6. The van der Waals surface area contributed by atoms with Gasteiger partial charge in [-0.3, -0.25) is 4.90 Å². The van der Waals surface area contributed by atoms with Crippen LogP contribution in [0.5, 0.6) is 11.8 Å². The summed E-state index contributed by atoms with van der Waals surface area (Å²) in [5, 5.41) is 4.35. The molecule has 11 heteroatoms. The number of nitrogens with one attached hydrogen (secondary N) is 1. The molecule has 0 amide bonds. The fourth-order valence-corrected chi connectivity index (χ4v) is 8.28. The standard InChI is InChI=1S/C36H33F4N5O2/c1-4-24-26(38)11-8-20-6-5-7-25(27(20)24)28-30(39)32-29(33(46-3)31(28)40)34(44-16-22-9-10-23(17-44)41-22)43-35(42-32)47-18-36-12-19(2)14-45(36)15-21(37)13-36/h1,5-8,11,21-23,41H,2,9-10,12-18H2,3H3/t21-,22?,23?,36+/m0/s1. The van der Waals surface area contributed by atoms with Crippen molar-refractivity contribution in [1.82, 2.24) is 20.2 Å². The zero-order chi connectivity index (χ0) is 32.6. The van der Waals surface area contributed by atoms with E-state index in [1.807, 2.05) is 9.80 Å². The van der Waals surface area contributed by atoms with Crippen LogP contribution in [0.15, 0.2) is 42.5 Å². The third kappa shape index (κ3) is 4.72. The molecular formula is C36H33F4N5O2. The number of methoxy groups -OCH3 is 1. The number of terminal acetylenes is 1. The maximum atomic E-state index is 17.1. The highest BCUT2D eigenvalue weighted by atomic mass is 19.1. The molecule has 0 spiro atoms. The molecule has 242 valence electrons. The van der Waals surface area contributed by atoms with Gasteiger partial charge in [-0.1, -0.05) is 42.3 Å². The van der Waals surface area contributed by atoms with Gasteiger partial charge in [0, 0.05) is 50.1 Å². The van der Waals surface area contributed by atoms with E-state index in [2.05, 4.69) is 22.8 Å². The van der Waals surface area contributed by atoms with Gasteiger partial charge in [0.1, 0.15) is 29.9 Å². The Bertz CT molecular complexity index is 2000.